The second kappa shape index (κ2) is 5.44. The molecule has 2 rings (SSSR count). The number of hydrogen-bond acceptors (Lipinski definition) is 3. The lowest BCUT2D eigenvalue weighted by molar-refractivity contribution is -0.140. The van der Waals surface area contributed by atoms with Crippen LogP contribution in [-0.4, -0.2) is 23.6 Å². The number of carbonyl (C=O) groups is 1. The Labute approximate surface area is 103 Å². The molecule has 3 atom stereocenters. The fourth-order valence-corrected chi connectivity index (χ4v) is 4.44. The van der Waals surface area contributed by atoms with Crippen LogP contribution >= 0.6 is 11.8 Å². The fourth-order valence-electron chi connectivity index (χ4n) is 2.58. The van der Waals surface area contributed by atoms with Crippen molar-refractivity contribution in [2.75, 3.05) is 7.11 Å². The van der Waals surface area contributed by atoms with Gasteiger partial charge in [0, 0.05) is 5.25 Å². The molecular weight excluding hydrogens is 220 g/mol. The highest BCUT2D eigenvalue weighted by Crippen LogP contribution is 2.44. The molecule has 2 aliphatic carbocycles. The molecule has 0 amide bonds. The first-order chi connectivity index (χ1) is 7.70. The Morgan fingerprint density at radius 3 is 2.62 bits per heavy atom. The SMILES string of the molecule is COC(=O)C(SC1CCCC(C)C1)C1CC1. The average Bonchev–Trinajstić information content (AvgIpc) is 3.09. The molecule has 0 aromatic rings. The first-order valence-corrected chi connectivity index (χ1v) is 7.38. The normalized spacial score (nSPS) is 32.1. The van der Waals surface area contributed by atoms with E-state index in [-0.39, 0.29) is 11.2 Å². The average molecular weight is 242 g/mol. The van der Waals surface area contributed by atoms with Crippen LogP contribution in [0.25, 0.3) is 0 Å². The first kappa shape index (κ1) is 12.3. The molecule has 0 heterocycles. The lowest BCUT2D eigenvalue weighted by atomic mass is 9.91. The van der Waals surface area contributed by atoms with E-state index in [1.165, 1.54) is 45.6 Å². The van der Waals surface area contributed by atoms with Crippen molar-refractivity contribution in [3.63, 3.8) is 0 Å². The summed E-state index contributed by atoms with van der Waals surface area (Å²) < 4.78 is 4.92. The van der Waals surface area contributed by atoms with Crippen molar-refractivity contribution in [3.05, 3.63) is 0 Å². The second-order valence-electron chi connectivity index (χ2n) is 5.31. The van der Waals surface area contributed by atoms with Gasteiger partial charge in [-0.25, -0.2) is 0 Å². The molecule has 0 radical (unpaired) electrons. The Morgan fingerprint density at radius 1 is 1.31 bits per heavy atom. The topological polar surface area (TPSA) is 26.3 Å². The molecule has 92 valence electrons. The molecule has 0 bridgehead atoms. The third-order valence-corrected chi connectivity index (χ3v) is 5.39. The monoisotopic (exact) mass is 242 g/mol. The van der Waals surface area contributed by atoms with Crippen LogP contribution < -0.4 is 0 Å². The number of hydrogen-bond donors (Lipinski definition) is 0. The van der Waals surface area contributed by atoms with E-state index in [1.54, 1.807) is 0 Å². The van der Waals surface area contributed by atoms with E-state index in [0.29, 0.717) is 11.2 Å². The van der Waals surface area contributed by atoms with Crippen molar-refractivity contribution in [1.29, 1.82) is 0 Å². The zero-order valence-electron chi connectivity index (χ0n) is 10.3. The van der Waals surface area contributed by atoms with E-state index in [0.717, 1.165) is 5.92 Å². The Balaban J connectivity index is 1.87. The predicted octanol–water partition coefficient (Wildman–Crippen LogP) is 3.25. The maximum absolute atomic E-state index is 11.7. The van der Waals surface area contributed by atoms with Gasteiger partial charge in [0.05, 0.1) is 7.11 Å². The van der Waals surface area contributed by atoms with Gasteiger partial charge in [0.25, 0.3) is 0 Å². The first-order valence-electron chi connectivity index (χ1n) is 6.44. The minimum absolute atomic E-state index is 0.00530. The van der Waals surface area contributed by atoms with Crippen molar-refractivity contribution in [2.45, 2.75) is 55.9 Å². The summed E-state index contributed by atoms with van der Waals surface area (Å²) in [7, 11) is 1.52. The van der Waals surface area contributed by atoms with Crippen LogP contribution in [0.3, 0.4) is 0 Å². The number of ether oxygens (including phenoxy) is 1. The molecule has 0 spiro atoms. The molecule has 2 saturated carbocycles. The van der Waals surface area contributed by atoms with Gasteiger partial charge in [0.2, 0.25) is 0 Å². The lowest BCUT2D eigenvalue weighted by Gasteiger charge is -2.28. The van der Waals surface area contributed by atoms with E-state index >= 15 is 0 Å². The number of methoxy groups -OCH3 is 1. The van der Waals surface area contributed by atoms with Gasteiger partial charge < -0.3 is 4.74 Å². The van der Waals surface area contributed by atoms with Crippen LogP contribution in [-0.2, 0) is 9.53 Å². The van der Waals surface area contributed by atoms with Crippen LogP contribution in [0, 0.1) is 11.8 Å². The van der Waals surface area contributed by atoms with Gasteiger partial charge in [-0.1, -0.05) is 19.8 Å². The molecule has 0 aromatic carbocycles. The molecule has 0 aliphatic heterocycles. The number of thioether (sulfide) groups is 1. The molecule has 2 aliphatic rings. The standard InChI is InChI=1S/C13H22O2S/c1-9-4-3-5-11(8-9)16-12(10-6-7-10)13(14)15-2/h9-12H,3-8H2,1-2H3. The minimum atomic E-state index is 0.00530. The third kappa shape index (κ3) is 3.16. The van der Waals surface area contributed by atoms with E-state index in [2.05, 4.69) is 6.92 Å². The van der Waals surface area contributed by atoms with E-state index in [4.69, 9.17) is 4.74 Å². The van der Waals surface area contributed by atoms with Gasteiger partial charge in [-0.05, 0) is 37.5 Å². The summed E-state index contributed by atoms with van der Waals surface area (Å²) in [6.45, 7) is 2.33. The van der Waals surface area contributed by atoms with E-state index in [9.17, 15) is 4.79 Å². The Morgan fingerprint density at radius 2 is 2.06 bits per heavy atom. The summed E-state index contributed by atoms with van der Waals surface area (Å²) in [6, 6.07) is 0. The molecular formula is C13H22O2S. The van der Waals surface area contributed by atoms with Crippen LogP contribution in [0.1, 0.15) is 45.4 Å². The van der Waals surface area contributed by atoms with Crippen molar-refractivity contribution >= 4 is 17.7 Å². The molecule has 2 fully saturated rings. The maximum atomic E-state index is 11.7. The van der Waals surface area contributed by atoms with Gasteiger partial charge >= 0.3 is 5.97 Å². The van der Waals surface area contributed by atoms with Crippen LogP contribution in [0.15, 0.2) is 0 Å². The highest BCUT2D eigenvalue weighted by atomic mass is 32.2. The summed E-state index contributed by atoms with van der Waals surface area (Å²) >= 11 is 1.90. The molecule has 2 nitrogen and oxygen atoms in total. The Bertz CT molecular complexity index is 250. The predicted molar refractivity (Wildman–Crippen MR) is 67.5 cm³/mol. The van der Waals surface area contributed by atoms with Crippen LogP contribution in [0.4, 0.5) is 0 Å². The summed E-state index contributed by atoms with van der Waals surface area (Å²) in [5, 5.41) is 0.814. The van der Waals surface area contributed by atoms with Gasteiger partial charge in [-0.3, -0.25) is 4.79 Å². The van der Waals surface area contributed by atoms with Crippen molar-refractivity contribution < 1.29 is 9.53 Å². The highest BCUT2D eigenvalue weighted by Gasteiger charge is 2.39. The fraction of sp³-hybridized carbons (Fsp3) is 0.923. The van der Waals surface area contributed by atoms with Gasteiger partial charge in [0.1, 0.15) is 5.25 Å². The summed E-state index contributed by atoms with van der Waals surface area (Å²) in [4.78, 5) is 11.7. The molecule has 0 N–H and O–H groups in total. The lowest BCUT2D eigenvalue weighted by Crippen LogP contribution is -2.26. The van der Waals surface area contributed by atoms with Gasteiger partial charge in [-0.15, -0.1) is 11.8 Å². The zero-order valence-corrected chi connectivity index (χ0v) is 11.1. The van der Waals surface area contributed by atoms with Crippen molar-refractivity contribution in [2.24, 2.45) is 11.8 Å². The number of carbonyl (C=O) groups excluding carboxylic acids is 1. The van der Waals surface area contributed by atoms with Crippen LogP contribution in [0.2, 0.25) is 0 Å². The molecule has 0 saturated heterocycles. The molecule has 0 aromatic heterocycles. The Kier molecular flexibility index (Phi) is 4.17. The summed E-state index contributed by atoms with van der Waals surface area (Å²) in [5.74, 6) is 1.45. The summed E-state index contributed by atoms with van der Waals surface area (Å²) in [5.41, 5.74) is 0. The van der Waals surface area contributed by atoms with Gasteiger partial charge in [-0.2, -0.15) is 0 Å². The molecule has 16 heavy (non-hydrogen) atoms. The quantitative estimate of drug-likeness (QED) is 0.708. The largest absolute Gasteiger partial charge is 0.468 e. The number of rotatable bonds is 4. The second-order valence-corrected chi connectivity index (χ2v) is 6.76. The Hall–Kier alpha value is -0.180. The number of esters is 1. The zero-order chi connectivity index (χ0) is 11.5. The van der Waals surface area contributed by atoms with E-state index in [1.807, 2.05) is 11.8 Å². The van der Waals surface area contributed by atoms with Gasteiger partial charge in [0.15, 0.2) is 0 Å². The molecule has 3 unspecified atom stereocenters. The smallest absolute Gasteiger partial charge is 0.319 e. The maximum Gasteiger partial charge on any atom is 0.319 e. The van der Waals surface area contributed by atoms with Crippen molar-refractivity contribution in [3.8, 4) is 0 Å². The summed E-state index contributed by atoms with van der Waals surface area (Å²) in [6.07, 6.45) is 7.70. The highest BCUT2D eigenvalue weighted by molar-refractivity contribution is 8.01. The minimum Gasteiger partial charge on any atom is -0.468 e. The van der Waals surface area contributed by atoms with Crippen LogP contribution in [0.5, 0.6) is 0 Å². The van der Waals surface area contributed by atoms with E-state index < -0.39 is 0 Å². The third-order valence-electron chi connectivity index (χ3n) is 3.71. The molecule has 3 heteroatoms. The van der Waals surface area contributed by atoms with Crippen molar-refractivity contribution in [1.82, 2.24) is 0 Å².